The molecule has 0 saturated carbocycles. The number of nitrogens with two attached hydrogens (primary N) is 2. The number of aromatic nitrogens is 5. The van der Waals surface area contributed by atoms with Gasteiger partial charge in [-0.25, -0.2) is 9.37 Å². The van der Waals surface area contributed by atoms with E-state index in [0.29, 0.717) is 18.7 Å². The molecule has 34 heavy (non-hydrogen) atoms. The molecule has 0 atom stereocenters. The van der Waals surface area contributed by atoms with E-state index in [1.165, 1.54) is 16.8 Å². The fourth-order valence-corrected chi connectivity index (χ4v) is 3.50. The van der Waals surface area contributed by atoms with Crippen molar-refractivity contribution in [3.8, 4) is 17.8 Å². The average molecular weight is 456 g/mol. The Hall–Kier alpha value is -5.10. The van der Waals surface area contributed by atoms with Crippen molar-refractivity contribution in [2.24, 2.45) is 0 Å². The zero-order chi connectivity index (χ0) is 24.2. The van der Waals surface area contributed by atoms with Gasteiger partial charge in [0.05, 0.1) is 22.8 Å². The van der Waals surface area contributed by atoms with Gasteiger partial charge in [-0.1, -0.05) is 0 Å². The Morgan fingerprint density at radius 2 is 1.94 bits per heavy atom. The highest BCUT2D eigenvalue weighted by Gasteiger charge is 2.18. The van der Waals surface area contributed by atoms with Crippen LogP contribution in [-0.2, 0) is 6.42 Å². The van der Waals surface area contributed by atoms with Gasteiger partial charge in [0.2, 0.25) is 5.95 Å². The monoisotopic (exact) mass is 456 g/mol. The summed E-state index contributed by atoms with van der Waals surface area (Å²) in [7, 11) is 0. The Labute approximate surface area is 192 Å². The second-order valence-electron chi connectivity index (χ2n) is 7.14. The lowest BCUT2D eigenvalue weighted by Crippen LogP contribution is -2.25. The van der Waals surface area contributed by atoms with E-state index in [9.17, 15) is 19.7 Å². The van der Waals surface area contributed by atoms with Crippen molar-refractivity contribution in [2.45, 2.75) is 12.8 Å². The largest absolute Gasteiger partial charge is 0.382 e. The number of hydrogen-bond acceptors (Lipinski definition) is 10. The summed E-state index contributed by atoms with van der Waals surface area (Å²) in [5.74, 6) is -0.349. The van der Waals surface area contributed by atoms with Gasteiger partial charge in [0, 0.05) is 19.2 Å². The van der Waals surface area contributed by atoms with Crippen molar-refractivity contribution in [2.75, 3.05) is 23.3 Å². The molecule has 0 fully saturated rings. The van der Waals surface area contributed by atoms with Gasteiger partial charge < -0.3 is 16.8 Å². The molecule has 168 valence electrons. The van der Waals surface area contributed by atoms with Crippen LogP contribution in [0.25, 0.3) is 16.6 Å². The number of nitrogen functional groups attached to an aromatic ring is 2. The predicted molar refractivity (Wildman–Crippen MR) is 122 cm³/mol. The molecule has 0 aliphatic rings. The van der Waals surface area contributed by atoms with E-state index in [1.807, 2.05) is 12.1 Å². The number of halogens is 1. The van der Waals surface area contributed by atoms with Crippen molar-refractivity contribution < 1.29 is 4.39 Å². The van der Waals surface area contributed by atoms with Crippen molar-refractivity contribution in [1.82, 2.24) is 24.5 Å². The van der Waals surface area contributed by atoms with E-state index >= 15 is 0 Å². The fourth-order valence-electron chi connectivity index (χ4n) is 3.50. The summed E-state index contributed by atoms with van der Waals surface area (Å²) in [6.45, 7) is 0.312. The predicted octanol–water partition coefficient (Wildman–Crippen LogP) is 1.66. The smallest absolute Gasteiger partial charge is 0.267 e. The lowest BCUT2D eigenvalue weighted by atomic mass is 10.1. The molecular formula is C22H17FN10O. The van der Waals surface area contributed by atoms with Crippen LogP contribution in [0.4, 0.5) is 22.0 Å². The molecule has 0 unspecified atom stereocenters. The molecule has 3 heterocycles. The third kappa shape index (κ3) is 4.03. The number of nitrogens with zero attached hydrogens (tertiary/aromatic N) is 7. The van der Waals surface area contributed by atoms with Crippen molar-refractivity contribution in [3.05, 3.63) is 69.8 Å². The first-order chi connectivity index (χ1) is 16.4. The maximum absolute atomic E-state index is 14.6. The molecule has 0 saturated heterocycles. The average Bonchev–Trinajstić information content (AvgIpc) is 2.83. The minimum Gasteiger partial charge on any atom is -0.382 e. The van der Waals surface area contributed by atoms with Gasteiger partial charge in [0.1, 0.15) is 40.7 Å². The minimum atomic E-state index is -0.700. The lowest BCUT2D eigenvalue weighted by Gasteiger charge is -2.15. The number of fused-ring (bicyclic) bond motifs is 1. The number of anilines is 3. The van der Waals surface area contributed by atoms with E-state index in [2.05, 4.69) is 25.3 Å². The Morgan fingerprint density at radius 3 is 2.65 bits per heavy atom. The van der Waals surface area contributed by atoms with Gasteiger partial charge in [-0.15, -0.1) is 0 Å². The van der Waals surface area contributed by atoms with Crippen LogP contribution in [0.3, 0.4) is 0 Å². The normalized spacial score (nSPS) is 10.6. The molecule has 0 radical (unpaired) electrons. The standard InChI is InChI=1S/C22H17FN10O/c23-15-6-5-12(9-24)17-18(15)30-16(33(21(17)34)13-3-1-7-28-11-13)4-2-8-29-20-14(10-25)19(26)31-22(27)32-20/h1,3,5-7,11H,2,4,8H2,(H5,26,27,29,31,32). The zero-order valence-corrected chi connectivity index (χ0v) is 17.7. The molecule has 0 aliphatic heterocycles. The summed E-state index contributed by atoms with van der Waals surface area (Å²) < 4.78 is 15.9. The lowest BCUT2D eigenvalue weighted by molar-refractivity contribution is 0.633. The molecule has 5 N–H and O–H groups in total. The Balaban J connectivity index is 1.70. The first kappa shape index (κ1) is 22.1. The molecule has 0 spiro atoms. The molecule has 4 aromatic rings. The Kier molecular flexibility index (Phi) is 5.97. The summed E-state index contributed by atoms with van der Waals surface area (Å²) >= 11 is 0. The van der Waals surface area contributed by atoms with E-state index in [-0.39, 0.29) is 51.9 Å². The first-order valence-electron chi connectivity index (χ1n) is 10.1. The van der Waals surface area contributed by atoms with Crippen molar-refractivity contribution in [3.63, 3.8) is 0 Å². The van der Waals surface area contributed by atoms with Crippen molar-refractivity contribution in [1.29, 1.82) is 10.5 Å². The molecule has 0 aliphatic carbocycles. The van der Waals surface area contributed by atoms with Gasteiger partial charge in [0.25, 0.3) is 5.56 Å². The number of hydrogen-bond donors (Lipinski definition) is 3. The van der Waals surface area contributed by atoms with Crippen LogP contribution in [0.15, 0.2) is 41.5 Å². The van der Waals surface area contributed by atoms with Gasteiger partial charge in [-0.2, -0.15) is 20.5 Å². The van der Waals surface area contributed by atoms with E-state index in [0.717, 1.165) is 6.07 Å². The number of rotatable bonds is 6. The number of benzene rings is 1. The Morgan fingerprint density at radius 1 is 1.12 bits per heavy atom. The van der Waals surface area contributed by atoms with Crippen LogP contribution in [0.5, 0.6) is 0 Å². The molecule has 1 aromatic carbocycles. The van der Waals surface area contributed by atoms with Crippen LogP contribution < -0.4 is 22.3 Å². The van der Waals surface area contributed by atoms with Gasteiger partial charge >= 0.3 is 0 Å². The number of aryl methyl sites for hydroxylation is 1. The third-order valence-corrected chi connectivity index (χ3v) is 5.00. The zero-order valence-electron chi connectivity index (χ0n) is 17.7. The van der Waals surface area contributed by atoms with Crippen molar-refractivity contribution >= 4 is 28.5 Å². The first-order valence-corrected chi connectivity index (χ1v) is 10.1. The topological polar surface area (TPSA) is 185 Å². The summed E-state index contributed by atoms with van der Waals surface area (Å²) in [4.78, 5) is 29.6. The van der Waals surface area contributed by atoms with E-state index in [1.54, 1.807) is 18.3 Å². The molecule has 0 amide bonds. The number of pyridine rings is 1. The highest BCUT2D eigenvalue weighted by Crippen LogP contribution is 2.21. The molecule has 11 nitrogen and oxygen atoms in total. The maximum Gasteiger partial charge on any atom is 0.267 e. The van der Waals surface area contributed by atoms with Gasteiger partial charge in [-0.3, -0.25) is 14.3 Å². The number of nitrogens with one attached hydrogen (secondary N) is 1. The summed E-state index contributed by atoms with van der Waals surface area (Å²) in [6.07, 6.45) is 3.71. The van der Waals surface area contributed by atoms with Gasteiger partial charge in [0.15, 0.2) is 5.82 Å². The summed E-state index contributed by atoms with van der Waals surface area (Å²) in [6, 6.07) is 9.53. The maximum atomic E-state index is 14.6. The highest BCUT2D eigenvalue weighted by molar-refractivity contribution is 5.84. The van der Waals surface area contributed by atoms with E-state index in [4.69, 9.17) is 11.5 Å². The SMILES string of the molecule is N#Cc1c(N)nc(N)nc1NCCCc1nc2c(F)ccc(C#N)c2c(=O)n1-c1cccnc1. The third-order valence-electron chi connectivity index (χ3n) is 5.00. The van der Waals surface area contributed by atoms with Gasteiger partial charge in [-0.05, 0) is 30.7 Å². The molecular weight excluding hydrogens is 439 g/mol. The fraction of sp³-hybridized carbons (Fsp3) is 0.136. The van der Waals surface area contributed by atoms with Crippen LogP contribution >= 0.6 is 0 Å². The second-order valence-corrected chi connectivity index (χ2v) is 7.14. The van der Waals surface area contributed by atoms with Crippen LogP contribution in [0, 0.1) is 28.5 Å². The Bertz CT molecular complexity index is 1540. The van der Waals surface area contributed by atoms with Crippen LogP contribution in [0.1, 0.15) is 23.4 Å². The summed E-state index contributed by atoms with van der Waals surface area (Å²) in [5, 5.41) is 21.6. The van der Waals surface area contributed by atoms with Crippen LogP contribution in [0.2, 0.25) is 0 Å². The quantitative estimate of drug-likeness (QED) is 0.360. The second kappa shape index (κ2) is 9.18. The van der Waals surface area contributed by atoms with Crippen LogP contribution in [-0.4, -0.2) is 31.0 Å². The molecule has 12 heteroatoms. The summed E-state index contributed by atoms with van der Waals surface area (Å²) in [5.41, 5.74) is 11.1. The highest BCUT2D eigenvalue weighted by atomic mass is 19.1. The molecule has 0 bridgehead atoms. The molecule has 4 rings (SSSR count). The number of nitriles is 2. The minimum absolute atomic E-state index is 0.0303. The molecule has 3 aromatic heterocycles. The van der Waals surface area contributed by atoms with E-state index < -0.39 is 11.4 Å².